The highest BCUT2D eigenvalue weighted by atomic mass is 35.5. The van der Waals surface area contributed by atoms with Gasteiger partial charge >= 0.3 is 0 Å². The number of rotatable bonds is 2. The summed E-state index contributed by atoms with van der Waals surface area (Å²) in [7, 11) is 0. The van der Waals surface area contributed by atoms with Gasteiger partial charge in [0.05, 0.1) is 10.5 Å². The van der Waals surface area contributed by atoms with Gasteiger partial charge in [0.1, 0.15) is 17.1 Å². The van der Waals surface area contributed by atoms with Crippen LogP contribution in [0.1, 0.15) is 0 Å². The van der Waals surface area contributed by atoms with Crippen molar-refractivity contribution < 1.29 is 14.0 Å². The molecule has 0 saturated carbocycles. The minimum atomic E-state index is -0.628. The number of aromatic nitrogens is 3. The van der Waals surface area contributed by atoms with Gasteiger partial charge in [-0.25, -0.2) is 4.39 Å². The number of hydrogen-bond donors (Lipinski definition) is 2. The lowest BCUT2D eigenvalue weighted by atomic mass is 10.1. The van der Waals surface area contributed by atoms with E-state index in [2.05, 4.69) is 15.1 Å². The second-order valence-electron chi connectivity index (χ2n) is 5.28. The van der Waals surface area contributed by atoms with E-state index in [9.17, 15) is 14.3 Å². The first-order valence-electron chi connectivity index (χ1n) is 7.18. The van der Waals surface area contributed by atoms with Crippen molar-refractivity contribution in [1.82, 2.24) is 15.1 Å². The number of para-hydroxylation sites is 1. The summed E-state index contributed by atoms with van der Waals surface area (Å²) in [6, 6.07) is 10.8. The Morgan fingerprint density at radius 1 is 1.20 bits per heavy atom. The third-order valence-electron chi connectivity index (χ3n) is 3.71. The predicted octanol–water partition coefficient (Wildman–Crippen LogP) is 3.74. The van der Waals surface area contributed by atoms with Crippen molar-refractivity contribution in [3.63, 3.8) is 0 Å². The Morgan fingerprint density at radius 2 is 2.00 bits per heavy atom. The molecule has 0 bridgehead atoms. The number of halogens is 2. The Labute approximate surface area is 144 Å². The highest BCUT2D eigenvalue weighted by Crippen LogP contribution is 2.32. The molecule has 2 aromatic carbocycles. The molecule has 124 valence electrons. The zero-order valence-corrected chi connectivity index (χ0v) is 13.2. The Hall–Kier alpha value is -3.19. The molecule has 0 spiro atoms. The summed E-state index contributed by atoms with van der Waals surface area (Å²) in [6.45, 7) is 0. The number of nitrogens with zero attached hydrogens (tertiary/aromatic N) is 2. The van der Waals surface area contributed by atoms with E-state index >= 15 is 0 Å². The van der Waals surface area contributed by atoms with Gasteiger partial charge in [-0.05, 0) is 30.3 Å². The molecule has 0 fully saturated rings. The molecule has 0 atom stereocenters. The molecule has 0 radical (unpaired) electrons. The van der Waals surface area contributed by atoms with Crippen LogP contribution in [0.15, 0.2) is 51.8 Å². The van der Waals surface area contributed by atoms with Crippen LogP contribution in [0.3, 0.4) is 0 Å². The first-order chi connectivity index (χ1) is 12.0. The van der Waals surface area contributed by atoms with Gasteiger partial charge in [0.25, 0.3) is 11.4 Å². The number of nitrogens with one attached hydrogen (secondary N) is 1. The zero-order valence-electron chi connectivity index (χ0n) is 12.5. The molecule has 2 aromatic heterocycles. The van der Waals surface area contributed by atoms with Crippen LogP contribution in [-0.2, 0) is 0 Å². The number of hydrogen-bond acceptors (Lipinski definition) is 5. The van der Waals surface area contributed by atoms with E-state index in [1.54, 1.807) is 24.3 Å². The molecule has 0 unspecified atom stereocenters. The van der Waals surface area contributed by atoms with Crippen LogP contribution in [0.25, 0.3) is 33.7 Å². The van der Waals surface area contributed by atoms with Crippen molar-refractivity contribution in [3.05, 3.63) is 63.7 Å². The van der Waals surface area contributed by atoms with Gasteiger partial charge in [-0.2, -0.15) is 4.98 Å². The number of benzene rings is 2. The second kappa shape index (κ2) is 5.71. The molecule has 8 heteroatoms. The minimum absolute atomic E-state index is 0.0314. The summed E-state index contributed by atoms with van der Waals surface area (Å²) in [5, 5.41) is 14.6. The van der Waals surface area contributed by atoms with Gasteiger partial charge in [0, 0.05) is 10.9 Å². The molecular formula is C17H9ClFN3O3. The van der Waals surface area contributed by atoms with Crippen molar-refractivity contribution in [2.24, 2.45) is 0 Å². The Morgan fingerprint density at radius 3 is 2.80 bits per heavy atom. The fraction of sp³-hybridized carbons (Fsp3) is 0. The van der Waals surface area contributed by atoms with Crippen molar-refractivity contribution in [2.75, 3.05) is 0 Å². The molecule has 4 aromatic rings. The smallest absolute Gasteiger partial charge is 0.267 e. The standard InChI is InChI=1S/C17H9ClFN3O3/c18-10-6-5-8(7-11(10)19)15-21-17(25-22-15)13-14(23)9-3-1-2-4-12(9)20-16(13)24/h1-7H,(H2,20,23,24). The second-order valence-corrected chi connectivity index (χ2v) is 5.68. The SMILES string of the molecule is O=c1[nH]c2ccccc2c(O)c1-c1nc(-c2ccc(Cl)c(F)c2)no1. The van der Waals surface area contributed by atoms with Gasteiger partial charge in [0.2, 0.25) is 5.82 Å². The highest BCUT2D eigenvalue weighted by molar-refractivity contribution is 6.30. The Balaban J connectivity index is 1.87. The number of H-pyrrole nitrogens is 1. The maximum atomic E-state index is 13.6. The number of fused-ring (bicyclic) bond motifs is 1. The van der Waals surface area contributed by atoms with E-state index in [-0.39, 0.29) is 28.1 Å². The van der Waals surface area contributed by atoms with E-state index in [4.69, 9.17) is 16.1 Å². The normalized spacial score (nSPS) is 11.1. The first-order valence-corrected chi connectivity index (χ1v) is 7.56. The van der Waals surface area contributed by atoms with Gasteiger partial charge < -0.3 is 14.6 Å². The van der Waals surface area contributed by atoms with Crippen molar-refractivity contribution in [2.45, 2.75) is 0 Å². The van der Waals surface area contributed by atoms with Crippen molar-refractivity contribution in [3.8, 4) is 28.6 Å². The topological polar surface area (TPSA) is 92.0 Å². The third kappa shape index (κ3) is 2.54. The monoisotopic (exact) mass is 357 g/mol. The molecule has 2 heterocycles. The lowest BCUT2D eigenvalue weighted by molar-refractivity contribution is 0.426. The van der Waals surface area contributed by atoms with Crippen molar-refractivity contribution >= 4 is 22.5 Å². The maximum absolute atomic E-state index is 13.6. The van der Waals surface area contributed by atoms with Crippen molar-refractivity contribution in [1.29, 1.82) is 0 Å². The molecule has 6 nitrogen and oxygen atoms in total. The lowest BCUT2D eigenvalue weighted by Gasteiger charge is -2.03. The Kier molecular flexibility index (Phi) is 3.51. The van der Waals surface area contributed by atoms with E-state index in [0.29, 0.717) is 16.5 Å². The van der Waals surface area contributed by atoms with Crippen LogP contribution in [-0.4, -0.2) is 20.2 Å². The summed E-state index contributed by atoms with van der Waals surface area (Å²) in [4.78, 5) is 19.0. The summed E-state index contributed by atoms with van der Waals surface area (Å²) >= 11 is 5.65. The quantitative estimate of drug-likeness (QED) is 0.570. The summed E-state index contributed by atoms with van der Waals surface area (Å²) < 4.78 is 18.7. The molecular weight excluding hydrogens is 349 g/mol. The van der Waals surface area contributed by atoms with Gasteiger partial charge in [-0.15, -0.1) is 0 Å². The molecule has 0 amide bonds. The van der Waals surface area contributed by atoms with E-state index < -0.39 is 11.4 Å². The largest absolute Gasteiger partial charge is 0.506 e. The molecule has 4 rings (SSSR count). The fourth-order valence-corrected chi connectivity index (χ4v) is 2.62. The van der Waals surface area contributed by atoms with E-state index in [1.165, 1.54) is 12.1 Å². The summed E-state index contributed by atoms with van der Waals surface area (Å²) in [5.41, 5.74) is 0.0856. The van der Waals surface area contributed by atoms with E-state index in [1.807, 2.05) is 0 Å². The van der Waals surface area contributed by atoms with Crippen LogP contribution in [0.4, 0.5) is 4.39 Å². The summed E-state index contributed by atoms with van der Waals surface area (Å²) in [5.74, 6) is -0.999. The minimum Gasteiger partial charge on any atom is -0.506 e. The molecule has 0 aliphatic rings. The van der Waals surface area contributed by atoms with Crippen LogP contribution in [0.2, 0.25) is 5.02 Å². The number of aromatic amines is 1. The van der Waals surface area contributed by atoms with Gasteiger partial charge in [-0.3, -0.25) is 4.79 Å². The van der Waals surface area contributed by atoms with Crippen LogP contribution >= 0.6 is 11.6 Å². The molecule has 0 aliphatic heterocycles. The third-order valence-corrected chi connectivity index (χ3v) is 4.02. The molecule has 0 aliphatic carbocycles. The zero-order chi connectivity index (χ0) is 17.6. The molecule has 2 N–H and O–H groups in total. The van der Waals surface area contributed by atoms with E-state index in [0.717, 1.165) is 6.07 Å². The fourth-order valence-electron chi connectivity index (χ4n) is 2.50. The number of pyridine rings is 1. The predicted molar refractivity (Wildman–Crippen MR) is 89.9 cm³/mol. The molecule has 0 saturated heterocycles. The highest BCUT2D eigenvalue weighted by Gasteiger charge is 2.20. The first kappa shape index (κ1) is 15.3. The lowest BCUT2D eigenvalue weighted by Crippen LogP contribution is -2.09. The maximum Gasteiger partial charge on any atom is 0.267 e. The van der Waals surface area contributed by atoms with Crippen LogP contribution < -0.4 is 5.56 Å². The summed E-state index contributed by atoms with van der Waals surface area (Å²) in [6.07, 6.45) is 0. The van der Waals surface area contributed by atoms with Crippen LogP contribution in [0, 0.1) is 5.82 Å². The van der Waals surface area contributed by atoms with Gasteiger partial charge in [0.15, 0.2) is 0 Å². The Bertz CT molecular complexity index is 1170. The van der Waals surface area contributed by atoms with Gasteiger partial charge in [-0.1, -0.05) is 28.9 Å². The molecule has 25 heavy (non-hydrogen) atoms. The number of aromatic hydroxyl groups is 1. The average molecular weight is 358 g/mol. The average Bonchev–Trinajstić information content (AvgIpc) is 3.07. The van der Waals surface area contributed by atoms with Crippen LogP contribution in [0.5, 0.6) is 5.75 Å².